The summed E-state index contributed by atoms with van der Waals surface area (Å²) in [4.78, 5) is 37.6. The summed E-state index contributed by atoms with van der Waals surface area (Å²) in [6.07, 6.45) is 41.2. The summed E-state index contributed by atoms with van der Waals surface area (Å²) < 4.78 is 34.0. The maximum absolute atomic E-state index is 12.7. The van der Waals surface area contributed by atoms with Crippen LogP contribution in [0.3, 0.4) is 0 Å². The summed E-state index contributed by atoms with van der Waals surface area (Å²) >= 11 is 0. The summed E-state index contributed by atoms with van der Waals surface area (Å²) in [5.41, 5.74) is 0. The third-order valence-corrected chi connectivity index (χ3v) is 11.8. The van der Waals surface area contributed by atoms with Crippen LogP contribution in [0.25, 0.3) is 0 Å². The summed E-state index contributed by atoms with van der Waals surface area (Å²) in [5.74, 6) is -0.816. The number of rotatable bonds is 45. The Morgan fingerprint density at radius 3 is 1.12 bits per heavy atom. The molecule has 0 saturated carbocycles. The van der Waals surface area contributed by atoms with Gasteiger partial charge in [-0.2, -0.15) is 0 Å². The number of hydrogen-bond acceptors (Lipinski definition) is 8. The maximum Gasteiger partial charge on any atom is 0.306 e. The molecule has 10 heteroatoms. The number of unbranched alkanes of at least 4 members (excludes halogenated alkanes) is 31. The van der Waals surface area contributed by atoms with Gasteiger partial charge in [-0.05, 0) is 12.8 Å². The third-order valence-electron chi connectivity index (χ3n) is 10.9. The molecule has 0 N–H and O–H groups in total. The van der Waals surface area contributed by atoms with Crippen LogP contribution in [0.5, 0.6) is 0 Å². The molecule has 0 aliphatic carbocycles. The van der Waals surface area contributed by atoms with Crippen LogP contribution in [0.2, 0.25) is 0 Å². The highest BCUT2D eigenvalue weighted by Gasteiger charge is 2.21. The van der Waals surface area contributed by atoms with Crippen molar-refractivity contribution < 1.29 is 42.1 Å². The van der Waals surface area contributed by atoms with Crippen molar-refractivity contribution in [1.29, 1.82) is 0 Å². The smallest absolute Gasteiger partial charge is 0.306 e. The van der Waals surface area contributed by atoms with Gasteiger partial charge in [-0.1, -0.05) is 213 Å². The second-order valence-electron chi connectivity index (χ2n) is 17.8. The Balaban J connectivity index is 4.24. The van der Waals surface area contributed by atoms with E-state index in [2.05, 4.69) is 13.8 Å². The monoisotopic (exact) mass is 832 g/mol. The van der Waals surface area contributed by atoms with Crippen molar-refractivity contribution in [2.45, 2.75) is 245 Å². The average Bonchev–Trinajstić information content (AvgIpc) is 3.16. The standard InChI is InChI=1S/C47H94NO8P/c1-6-8-10-12-14-16-18-20-22-23-24-26-28-30-32-34-36-38-40-47(50)56-45(44-55-57(51,52)54-42-41-48(3,4)5)43-53-46(49)39-37-35-33-31-29-27-25-21-19-17-15-13-11-9-7-2/h45H,6-44H2,1-5H3/t45-/m1/s1. The van der Waals surface area contributed by atoms with Gasteiger partial charge in [0.2, 0.25) is 0 Å². The van der Waals surface area contributed by atoms with E-state index in [-0.39, 0.29) is 32.0 Å². The zero-order valence-electron chi connectivity index (χ0n) is 38.3. The Labute approximate surface area is 353 Å². The Morgan fingerprint density at radius 2 is 0.789 bits per heavy atom. The topological polar surface area (TPSA) is 111 Å². The second-order valence-corrected chi connectivity index (χ2v) is 19.3. The minimum Gasteiger partial charge on any atom is -0.756 e. The Hall–Kier alpha value is -0.990. The van der Waals surface area contributed by atoms with Gasteiger partial charge in [0.15, 0.2) is 6.10 Å². The van der Waals surface area contributed by atoms with Gasteiger partial charge in [-0.15, -0.1) is 0 Å². The first-order valence-corrected chi connectivity index (χ1v) is 25.7. The van der Waals surface area contributed by atoms with E-state index in [1.54, 1.807) is 0 Å². The molecule has 57 heavy (non-hydrogen) atoms. The van der Waals surface area contributed by atoms with Crippen LogP contribution < -0.4 is 4.89 Å². The molecule has 0 saturated heterocycles. The van der Waals surface area contributed by atoms with Crippen LogP contribution in [-0.4, -0.2) is 70.0 Å². The van der Waals surface area contributed by atoms with E-state index in [0.717, 1.165) is 32.1 Å². The Kier molecular flexibility index (Phi) is 39.7. The van der Waals surface area contributed by atoms with Gasteiger partial charge in [0, 0.05) is 12.8 Å². The highest BCUT2D eigenvalue weighted by atomic mass is 31.2. The number of carbonyl (C=O) groups is 2. The lowest BCUT2D eigenvalue weighted by Gasteiger charge is -2.28. The van der Waals surface area contributed by atoms with Crippen molar-refractivity contribution in [2.24, 2.45) is 0 Å². The van der Waals surface area contributed by atoms with E-state index in [9.17, 15) is 19.0 Å². The lowest BCUT2D eigenvalue weighted by molar-refractivity contribution is -0.870. The molecule has 0 spiro atoms. The SMILES string of the molecule is CCCCCCCCCCCCCCCCCCCCC(=O)O[C@H](COC(=O)CCCCCCCCCCCCCCCCC)COP(=O)([O-])OCC[N+](C)(C)C. The first-order valence-electron chi connectivity index (χ1n) is 24.2. The number of nitrogens with zero attached hydrogens (tertiary/aromatic N) is 1. The number of phosphoric acid groups is 1. The molecular weight excluding hydrogens is 737 g/mol. The van der Waals surface area contributed by atoms with Crippen molar-refractivity contribution in [3.05, 3.63) is 0 Å². The molecule has 0 heterocycles. The highest BCUT2D eigenvalue weighted by Crippen LogP contribution is 2.38. The number of ether oxygens (including phenoxy) is 2. The van der Waals surface area contributed by atoms with E-state index >= 15 is 0 Å². The Morgan fingerprint density at radius 1 is 0.474 bits per heavy atom. The van der Waals surface area contributed by atoms with E-state index in [4.69, 9.17) is 18.5 Å². The zero-order valence-corrected chi connectivity index (χ0v) is 39.2. The summed E-state index contributed by atoms with van der Waals surface area (Å²) in [7, 11) is 1.18. The van der Waals surface area contributed by atoms with Gasteiger partial charge < -0.3 is 27.9 Å². The summed E-state index contributed by atoms with van der Waals surface area (Å²) in [6, 6.07) is 0. The van der Waals surface area contributed by atoms with Gasteiger partial charge in [0.05, 0.1) is 27.7 Å². The van der Waals surface area contributed by atoms with Crippen LogP contribution in [-0.2, 0) is 32.7 Å². The first-order chi connectivity index (χ1) is 27.5. The number of phosphoric ester groups is 1. The zero-order chi connectivity index (χ0) is 42.1. The van der Waals surface area contributed by atoms with Crippen LogP contribution in [0.4, 0.5) is 0 Å². The molecule has 0 aliphatic heterocycles. The predicted molar refractivity (Wildman–Crippen MR) is 236 cm³/mol. The number of carbonyl (C=O) groups excluding carboxylic acids is 2. The van der Waals surface area contributed by atoms with Gasteiger partial charge in [-0.25, -0.2) is 0 Å². The van der Waals surface area contributed by atoms with E-state index < -0.39 is 26.5 Å². The van der Waals surface area contributed by atoms with Crippen molar-refractivity contribution in [1.82, 2.24) is 0 Å². The van der Waals surface area contributed by atoms with Crippen molar-refractivity contribution in [3.63, 3.8) is 0 Å². The third kappa shape index (κ3) is 44.4. The number of quaternary nitrogens is 1. The molecule has 0 amide bonds. The van der Waals surface area contributed by atoms with Gasteiger partial charge in [0.25, 0.3) is 7.82 Å². The minimum absolute atomic E-state index is 0.0255. The summed E-state index contributed by atoms with van der Waals surface area (Å²) in [5, 5.41) is 0. The molecule has 340 valence electrons. The minimum atomic E-state index is -4.62. The highest BCUT2D eigenvalue weighted by molar-refractivity contribution is 7.45. The number of likely N-dealkylation sites (N-methyl/N-ethyl adjacent to an activating group) is 1. The number of esters is 2. The normalized spacial score (nSPS) is 13.4. The molecule has 2 atom stereocenters. The van der Waals surface area contributed by atoms with Gasteiger partial charge in [-0.3, -0.25) is 14.2 Å². The average molecular weight is 832 g/mol. The molecule has 0 bridgehead atoms. The fourth-order valence-electron chi connectivity index (χ4n) is 7.07. The quantitative estimate of drug-likeness (QED) is 0.0258. The maximum atomic E-state index is 12.7. The Bertz CT molecular complexity index is 943. The molecule has 0 aliphatic rings. The van der Waals surface area contributed by atoms with Crippen LogP contribution in [0, 0.1) is 0 Å². The molecule has 0 fully saturated rings. The van der Waals surface area contributed by atoms with Crippen LogP contribution >= 0.6 is 7.82 Å². The molecule has 0 aromatic heterocycles. The lowest BCUT2D eigenvalue weighted by Crippen LogP contribution is -2.37. The van der Waals surface area contributed by atoms with Gasteiger partial charge >= 0.3 is 11.9 Å². The molecule has 9 nitrogen and oxygen atoms in total. The lowest BCUT2D eigenvalue weighted by atomic mass is 10.0. The molecular formula is C47H94NO8P. The number of hydrogen-bond donors (Lipinski definition) is 0. The fourth-order valence-corrected chi connectivity index (χ4v) is 7.80. The fraction of sp³-hybridized carbons (Fsp3) is 0.957. The van der Waals surface area contributed by atoms with Crippen LogP contribution in [0.15, 0.2) is 0 Å². The predicted octanol–water partition coefficient (Wildman–Crippen LogP) is 13.3. The molecule has 0 aromatic carbocycles. The van der Waals surface area contributed by atoms with Crippen molar-refractivity contribution >= 4 is 19.8 Å². The molecule has 1 unspecified atom stereocenters. The largest absolute Gasteiger partial charge is 0.756 e. The van der Waals surface area contributed by atoms with Crippen molar-refractivity contribution in [3.8, 4) is 0 Å². The van der Waals surface area contributed by atoms with Crippen LogP contribution in [0.1, 0.15) is 239 Å². The van der Waals surface area contributed by atoms with E-state index in [1.807, 2.05) is 21.1 Å². The second kappa shape index (κ2) is 40.4. The van der Waals surface area contributed by atoms with Crippen molar-refractivity contribution in [2.75, 3.05) is 47.5 Å². The van der Waals surface area contributed by atoms with Gasteiger partial charge in [0.1, 0.15) is 19.8 Å². The molecule has 0 radical (unpaired) electrons. The first kappa shape index (κ1) is 56.0. The summed E-state index contributed by atoms with van der Waals surface area (Å²) in [6.45, 7) is 4.28. The molecule has 0 rings (SSSR count). The molecule has 0 aromatic rings. The van der Waals surface area contributed by atoms with E-state index in [1.165, 1.54) is 173 Å². The van der Waals surface area contributed by atoms with E-state index in [0.29, 0.717) is 17.4 Å².